The summed E-state index contributed by atoms with van der Waals surface area (Å²) >= 11 is 0. The van der Waals surface area contributed by atoms with Gasteiger partial charge in [-0.25, -0.2) is 9.13 Å². The van der Waals surface area contributed by atoms with Crippen LogP contribution >= 0.6 is 15.6 Å². The van der Waals surface area contributed by atoms with Crippen LogP contribution in [0.15, 0.2) is 24.3 Å². The molecule has 0 aromatic rings. The van der Waals surface area contributed by atoms with Crippen LogP contribution in [0, 0.1) is 17.8 Å². The average molecular weight is 1270 g/mol. The lowest BCUT2D eigenvalue weighted by Gasteiger charge is -2.21. The second-order valence-electron chi connectivity index (χ2n) is 25.0. The summed E-state index contributed by atoms with van der Waals surface area (Å²) in [6, 6.07) is 0. The third-order valence-electron chi connectivity index (χ3n) is 14.8. The number of allylic oxidation sites excluding steroid dienone is 4. The maximum Gasteiger partial charge on any atom is 0.472 e. The van der Waals surface area contributed by atoms with Gasteiger partial charge in [0.05, 0.1) is 26.4 Å². The molecular weight excluding hydrogens is 1140 g/mol. The van der Waals surface area contributed by atoms with Gasteiger partial charge in [-0.3, -0.25) is 37.3 Å². The Labute approximate surface area is 522 Å². The zero-order chi connectivity index (χ0) is 63.8. The minimum absolute atomic E-state index is 0.0839. The molecule has 0 aromatic carbocycles. The Morgan fingerprint density at radius 2 is 0.628 bits per heavy atom. The zero-order valence-electron chi connectivity index (χ0n) is 55.3. The van der Waals surface area contributed by atoms with Gasteiger partial charge in [0.2, 0.25) is 0 Å². The van der Waals surface area contributed by atoms with E-state index in [0.29, 0.717) is 37.5 Å². The molecule has 19 heteroatoms. The van der Waals surface area contributed by atoms with Crippen LogP contribution in [0.25, 0.3) is 0 Å². The van der Waals surface area contributed by atoms with Crippen molar-refractivity contribution in [1.29, 1.82) is 0 Å². The van der Waals surface area contributed by atoms with E-state index in [-0.39, 0.29) is 25.7 Å². The Hall–Kier alpha value is -2.46. The number of aliphatic hydroxyl groups excluding tert-OH is 1. The summed E-state index contributed by atoms with van der Waals surface area (Å²) in [5.41, 5.74) is 0. The van der Waals surface area contributed by atoms with E-state index >= 15 is 0 Å². The van der Waals surface area contributed by atoms with Crippen molar-refractivity contribution in [2.75, 3.05) is 39.6 Å². The van der Waals surface area contributed by atoms with Crippen LogP contribution in [0.4, 0.5) is 0 Å². The zero-order valence-corrected chi connectivity index (χ0v) is 57.0. The Balaban J connectivity index is 5.28. The molecule has 0 saturated carbocycles. The molecule has 0 aliphatic rings. The van der Waals surface area contributed by atoms with Gasteiger partial charge in [-0.2, -0.15) is 0 Å². The lowest BCUT2D eigenvalue weighted by molar-refractivity contribution is -0.161. The number of unbranched alkanes of at least 4 members (excludes halogenated alkanes) is 28. The molecule has 5 atom stereocenters. The lowest BCUT2D eigenvalue weighted by Crippen LogP contribution is -2.30. The van der Waals surface area contributed by atoms with E-state index in [1.165, 1.54) is 96.3 Å². The number of esters is 4. The van der Waals surface area contributed by atoms with Gasteiger partial charge in [-0.05, 0) is 69.1 Å². The third kappa shape index (κ3) is 60.5. The number of phosphoric ester groups is 2. The maximum absolute atomic E-state index is 13.0. The van der Waals surface area contributed by atoms with Gasteiger partial charge in [0.1, 0.15) is 19.3 Å². The SMILES string of the molecule is CCCCCC/C=C\C=C/CCCCCCCC(=O)O[C@H](COC(=O)CCCCCCCCCCCC(C)C)COP(=O)(O)OCC(O)COP(=O)(O)OC[C@@H](COC(=O)CCCCCCCCCC(C)C)OC(=O)CCCCCCCCC(C)C. The van der Waals surface area contributed by atoms with Crippen molar-refractivity contribution in [2.45, 2.75) is 324 Å². The highest BCUT2D eigenvalue weighted by molar-refractivity contribution is 7.47. The van der Waals surface area contributed by atoms with Crippen LogP contribution in [-0.2, 0) is 65.4 Å². The van der Waals surface area contributed by atoms with Crippen LogP contribution in [0.1, 0.15) is 305 Å². The van der Waals surface area contributed by atoms with Crippen LogP contribution < -0.4 is 0 Å². The highest BCUT2D eigenvalue weighted by Gasteiger charge is 2.30. The fourth-order valence-electron chi connectivity index (χ4n) is 9.47. The molecular formula is C67H126O17P2. The van der Waals surface area contributed by atoms with E-state index in [1.807, 2.05) is 0 Å². The van der Waals surface area contributed by atoms with E-state index in [9.17, 15) is 43.2 Å². The van der Waals surface area contributed by atoms with E-state index in [1.54, 1.807) is 0 Å². The molecule has 0 heterocycles. The maximum atomic E-state index is 13.0. The minimum atomic E-state index is -4.96. The van der Waals surface area contributed by atoms with Gasteiger partial charge in [0, 0.05) is 25.7 Å². The first-order valence-electron chi connectivity index (χ1n) is 34.2. The van der Waals surface area contributed by atoms with Gasteiger partial charge in [0.15, 0.2) is 12.2 Å². The van der Waals surface area contributed by atoms with E-state index < -0.39 is 97.5 Å². The lowest BCUT2D eigenvalue weighted by atomic mass is 10.0. The largest absolute Gasteiger partial charge is 0.472 e. The molecule has 86 heavy (non-hydrogen) atoms. The Bertz CT molecular complexity index is 1790. The number of hydrogen-bond acceptors (Lipinski definition) is 15. The molecule has 0 spiro atoms. The summed E-state index contributed by atoms with van der Waals surface area (Å²) in [6.45, 7) is 11.6. The smallest absolute Gasteiger partial charge is 0.462 e. The highest BCUT2D eigenvalue weighted by atomic mass is 31.2. The number of carbonyl (C=O) groups is 4. The Morgan fingerprint density at radius 1 is 0.360 bits per heavy atom. The van der Waals surface area contributed by atoms with E-state index in [2.05, 4.69) is 72.8 Å². The van der Waals surface area contributed by atoms with Crippen LogP contribution in [0.3, 0.4) is 0 Å². The van der Waals surface area contributed by atoms with Gasteiger partial charge in [0.25, 0.3) is 0 Å². The quantitative estimate of drug-likeness (QED) is 0.0169. The van der Waals surface area contributed by atoms with Crippen LogP contribution in [0.2, 0.25) is 0 Å². The molecule has 0 saturated heterocycles. The normalized spacial score (nSPS) is 14.5. The fourth-order valence-corrected chi connectivity index (χ4v) is 11.0. The number of carbonyl (C=O) groups excluding carboxylic acids is 4. The fraction of sp³-hybridized carbons (Fsp3) is 0.881. The molecule has 0 amide bonds. The molecule has 0 bridgehead atoms. The van der Waals surface area contributed by atoms with Crippen molar-refractivity contribution in [2.24, 2.45) is 17.8 Å². The van der Waals surface area contributed by atoms with Crippen molar-refractivity contribution >= 4 is 39.5 Å². The van der Waals surface area contributed by atoms with Crippen molar-refractivity contribution in [3.8, 4) is 0 Å². The molecule has 0 aromatic heterocycles. The monoisotopic (exact) mass is 1260 g/mol. The summed E-state index contributed by atoms with van der Waals surface area (Å²) in [7, 11) is -9.91. The van der Waals surface area contributed by atoms with Crippen molar-refractivity contribution in [3.05, 3.63) is 24.3 Å². The Morgan fingerprint density at radius 3 is 0.942 bits per heavy atom. The second-order valence-corrected chi connectivity index (χ2v) is 27.9. The molecule has 0 aliphatic carbocycles. The first-order chi connectivity index (χ1) is 41.2. The number of phosphoric acid groups is 2. The number of ether oxygens (including phenoxy) is 4. The first kappa shape index (κ1) is 83.5. The summed E-state index contributed by atoms with van der Waals surface area (Å²) in [5.74, 6) is -0.0554. The Kier molecular flexibility index (Phi) is 56.0. The van der Waals surface area contributed by atoms with Gasteiger partial charge in [-0.1, -0.05) is 253 Å². The molecule has 0 radical (unpaired) electrons. The predicted octanol–water partition coefficient (Wildman–Crippen LogP) is 18.2. The third-order valence-corrected chi connectivity index (χ3v) is 16.7. The average Bonchev–Trinajstić information content (AvgIpc) is 3.67. The van der Waals surface area contributed by atoms with Gasteiger partial charge < -0.3 is 33.8 Å². The molecule has 3 unspecified atom stereocenters. The minimum Gasteiger partial charge on any atom is -0.462 e. The number of aliphatic hydroxyl groups is 1. The van der Waals surface area contributed by atoms with E-state index in [0.717, 1.165) is 115 Å². The first-order valence-corrected chi connectivity index (χ1v) is 37.2. The highest BCUT2D eigenvalue weighted by Crippen LogP contribution is 2.45. The summed E-state index contributed by atoms with van der Waals surface area (Å²) in [5, 5.41) is 10.5. The van der Waals surface area contributed by atoms with Crippen molar-refractivity contribution in [1.82, 2.24) is 0 Å². The summed E-state index contributed by atoms with van der Waals surface area (Å²) in [4.78, 5) is 72.3. The van der Waals surface area contributed by atoms with Crippen molar-refractivity contribution < 1.29 is 80.2 Å². The van der Waals surface area contributed by atoms with Crippen LogP contribution in [0.5, 0.6) is 0 Å². The molecule has 17 nitrogen and oxygen atoms in total. The number of rotatable bonds is 63. The molecule has 3 N–H and O–H groups in total. The van der Waals surface area contributed by atoms with Crippen molar-refractivity contribution in [3.63, 3.8) is 0 Å². The van der Waals surface area contributed by atoms with Gasteiger partial charge in [-0.15, -0.1) is 0 Å². The topological polar surface area (TPSA) is 237 Å². The standard InChI is InChI=1S/C67H126O17P2/c1-8-9-10-11-12-13-14-15-16-17-18-21-27-36-43-50-66(71)83-62(54-77-64(69)48-41-34-26-22-19-20-24-31-38-45-58(2)3)56-81-85(73,74)79-52-61(68)53-80-86(75,76)82-57-63(84-67(72)51-44-37-30-29-33-40-47-60(6)7)55-78-65(70)49-42-35-28-23-25-32-39-46-59(4)5/h13-16,58-63,68H,8-12,17-57H2,1-7H3,(H,73,74)(H,75,76)/b14-13-,16-15-/t61?,62-,63-/m1/s1. The van der Waals surface area contributed by atoms with Gasteiger partial charge >= 0.3 is 39.5 Å². The predicted molar refractivity (Wildman–Crippen MR) is 344 cm³/mol. The summed E-state index contributed by atoms with van der Waals surface area (Å²) in [6.07, 6.45) is 42.8. The summed E-state index contributed by atoms with van der Waals surface area (Å²) < 4.78 is 68.0. The molecule has 0 aliphatic heterocycles. The molecule has 506 valence electrons. The van der Waals surface area contributed by atoms with Crippen LogP contribution in [-0.4, -0.2) is 96.7 Å². The van der Waals surface area contributed by atoms with E-state index in [4.69, 9.17) is 37.0 Å². The number of hydrogen-bond donors (Lipinski definition) is 3. The second kappa shape index (κ2) is 57.7. The molecule has 0 fully saturated rings. The molecule has 0 rings (SSSR count).